The first-order valence-corrected chi connectivity index (χ1v) is 11.3. The third kappa shape index (κ3) is 3.95. The van der Waals surface area contributed by atoms with Gasteiger partial charge in [-0.25, -0.2) is 0 Å². The molecule has 8 heteroatoms. The fourth-order valence-corrected chi connectivity index (χ4v) is 5.71. The number of carbonyl (C=O) groups excluding carboxylic acids is 3. The number of hydrogen-bond donors (Lipinski definition) is 3. The molecule has 1 saturated heterocycles. The van der Waals surface area contributed by atoms with Crippen LogP contribution in [0.3, 0.4) is 0 Å². The Labute approximate surface area is 182 Å². The van der Waals surface area contributed by atoms with E-state index in [2.05, 4.69) is 10.6 Å². The van der Waals surface area contributed by atoms with Crippen molar-refractivity contribution in [1.82, 2.24) is 15.5 Å². The number of nitrogens with one attached hydrogen (secondary N) is 2. The van der Waals surface area contributed by atoms with Gasteiger partial charge < -0.3 is 20.6 Å². The maximum absolute atomic E-state index is 13.4. The fraction of sp³-hybridized carbons (Fsp3) is 0.591. The molecule has 0 radical (unpaired) electrons. The molecule has 0 spiro atoms. The van der Waals surface area contributed by atoms with Crippen LogP contribution in [0.25, 0.3) is 0 Å². The Hall–Kier alpha value is -2.06. The van der Waals surface area contributed by atoms with Crippen molar-refractivity contribution < 1.29 is 19.5 Å². The minimum atomic E-state index is -0.739. The highest BCUT2D eigenvalue weighted by atomic mass is 32.2. The van der Waals surface area contributed by atoms with Crippen molar-refractivity contribution in [1.29, 1.82) is 0 Å². The smallest absolute Gasteiger partial charge is 0.256 e. The molecule has 1 aromatic carbocycles. The molecular weight excluding hydrogens is 402 g/mol. The minimum Gasteiger partial charge on any atom is -0.394 e. The third-order valence-electron chi connectivity index (χ3n) is 6.00. The highest BCUT2D eigenvalue weighted by Gasteiger charge is 2.57. The summed E-state index contributed by atoms with van der Waals surface area (Å²) in [4.78, 5) is 41.0. The summed E-state index contributed by atoms with van der Waals surface area (Å²) in [6.07, 6.45) is 0.700. The van der Waals surface area contributed by atoms with Gasteiger partial charge in [0.15, 0.2) is 0 Å². The number of nitrogens with zero attached hydrogens (tertiary/aromatic N) is 1. The Morgan fingerprint density at radius 2 is 1.90 bits per heavy atom. The van der Waals surface area contributed by atoms with Gasteiger partial charge in [0.1, 0.15) is 17.5 Å². The SMILES string of the molecule is CCC(C)C(NC(=O)C1N2C(=O)c3ccccc3C2SC1(C)C)C(=O)NC(C)CO. The summed E-state index contributed by atoms with van der Waals surface area (Å²) in [5.74, 6) is -0.893. The first-order chi connectivity index (χ1) is 14.1. The zero-order chi connectivity index (χ0) is 22.2. The van der Waals surface area contributed by atoms with Gasteiger partial charge in [0.2, 0.25) is 11.8 Å². The van der Waals surface area contributed by atoms with Crippen molar-refractivity contribution in [3.63, 3.8) is 0 Å². The molecule has 30 heavy (non-hydrogen) atoms. The van der Waals surface area contributed by atoms with Gasteiger partial charge in [0.25, 0.3) is 5.91 Å². The molecule has 0 aliphatic carbocycles. The number of benzene rings is 1. The predicted octanol–water partition coefficient (Wildman–Crippen LogP) is 2.06. The number of hydrogen-bond acceptors (Lipinski definition) is 5. The normalized spacial score (nSPS) is 24.6. The monoisotopic (exact) mass is 433 g/mol. The Bertz CT molecular complexity index is 843. The summed E-state index contributed by atoms with van der Waals surface area (Å²) in [5.41, 5.74) is 1.57. The highest BCUT2D eigenvalue weighted by molar-refractivity contribution is 8.01. The number of aliphatic hydroxyl groups is 1. The van der Waals surface area contributed by atoms with E-state index in [1.54, 1.807) is 29.7 Å². The quantitative estimate of drug-likeness (QED) is 0.611. The van der Waals surface area contributed by atoms with Crippen LogP contribution in [0.1, 0.15) is 62.3 Å². The standard InChI is InChI=1S/C22H31N3O4S/c1-6-12(2)16(18(27)23-13(3)11-26)24-19(28)17-22(4,5)30-21-15-10-8-7-9-14(15)20(29)25(17)21/h7-10,12-13,16-17,21,26H,6,11H2,1-5H3,(H,23,27)(H,24,28). The van der Waals surface area contributed by atoms with Crippen LogP contribution in [0, 0.1) is 5.92 Å². The predicted molar refractivity (Wildman–Crippen MR) is 117 cm³/mol. The minimum absolute atomic E-state index is 0.0979. The van der Waals surface area contributed by atoms with E-state index in [0.29, 0.717) is 12.0 Å². The van der Waals surface area contributed by atoms with Gasteiger partial charge in [0, 0.05) is 16.4 Å². The van der Waals surface area contributed by atoms with Crippen molar-refractivity contribution in [3.8, 4) is 0 Å². The lowest BCUT2D eigenvalue weighted by atomic mass is 9.95. The molecule has 0 aromatic heterocycles. The number of thioether (sulfide) groups is 1. The van der Waals surface area contributed by atoms with Crippen LogP contribution in [0.4, 0.5) is 0 Å². The number of amides is 3. The van der Waals surface area contributed by atoms with Crippen molar-refractivity contribution >= 4 is 29.5 Å². The van der Waals surface area contributed by atoms with E-state index in [9.17, 15) is 19.5 Å². The van der Waals surface area contributed by atoms with Gasteiger partial charge in [-0.05, 0) is 38.3 Å². The number of fused-ring (bicyclic) bond motifs is 3. The second kappa shape index (κ2) is 8.59. The van der Waals surface area contributed by atoms with Gasteiger partial charge in [-0.1, -0.05) is 38.5 Å². The fourth-order valence-electron chi connectivity index (χ4n) is 4.12. The largest absolute Gasteiger partial charge is 0.394 e. The van der Waals surface area contributed by atoms with Crippen LogP contribution in [0.15, 0.2) is 24.3 Å². The van der Waals surface area contributed by atoms with E-state index >= 15 is 0 Å². The molecule has 5 atom stereocenters. The van der Waals surface area contributed by atoms with Crippen molar-refractivity contribution in [2.75, 3.05) is 6.61 Å². The van der Waals surface area contributed by atoms with Gasteiger partial charge >= 0.3 is 0 Å². The number of rotatable bonds is 7. The average Bonchev–Trinajstić information content (AvgIpc) is 3.14. The first-order valence-electron chi connectivity index (χ1n) is 10.4. The Morgan fingerprint density at radius 1 is 1.23 bits per heavy atom. The molecule has 0 saturated carbocycles. The average molecular weight is 434 g/mol. The Morgan fingerprint density at radius 3 is 2.53 bits per heavy atom. The molecule has 0 bridgehead atoms. The van der Waals surface area contributed by atoms with Crippen LogP contribution >= 0.6 is 11.8 Å². The summed E-state index contributed by atoms with van der Waals surface area (Å²) in [6, 6.07) is 5.63. The molecule has 1 fully saturated rings. The summed E-state index contributed by atoms with van der Waals surface area (Å²) in [5, 5.41) is 14.7. The molecule has 2 aliphatic heterocycles. The van der Waals surface area contributed by atoms with Crippen LogP contribution in [-0.2, 0) is 9.59 Å². The lowest BCUT2D eigenvalue weighted by molar-refractivity contribution is -0.133. The lowest BCUT2D eigenvalue weighted by Gasteiger charge is -2.32. The second-order valence-electron chi connectivity index (χ2n) is 8.74. The van der Waals surface area contributed by atoms with Crippen LogP contribution in [0.2, 0.25) is 0 Å². The number of aliphatic hydroxyl groups excluding tert-OH is 1. The van der Waals surface area contributed by atoms with Crippen LogP contribution in [-0.4, -0.2) is 57.2 Å². The van der Waals surface area contributed by atoms with E-state index in [-0.39, 0.29) is 35.6 Å². The van der Waals surface area contributed by atoms with Crippen molar-refractivity contribution in [2.45, 2.75) is 69.3 Å². The maximum Gasteiger partial charge on any atom is 0.256 e. The van der Waals surface area contributed by atoms with Crippen molar-refractivity contribution in [3.05, 3.63) is 35.4 Å². The highest BCUT2D eigenvalue weighted by Crippen LogP contribution is 2.56. The Kier molecular flexibility index (Phi) is 6.48. The van der Waals surface area contributed by atoms with Gasteiger partial charge in [-0.2, -0.15) is 0 Å². The third-order valence-corrected chi connectivity index (χ3v) is 7.54. The topological polar surface area (TPSA) is 98.7 Å². The maximum atomic E-state index is 13.4. The molecule has 3 rings (SSSR count). The summed E-state index contributed by atoms with van der Waals surface area (Å²) in [6.45, 7) is 9.31. The molecule has 1 aromatic rings. The molecule has 3 amide bonds. The Balaban J connectivity index is 1.85. The molecule has 3 N–H and O–H groups in total. The van der Waals surface area contributed by atoms with Crippen molar-refractivity contribution in [2.24, 2.45) is 5.92 Å². The zero-order valence-electron chi connectivity index (χ0n) is 18.1. The van der Waals surface area contributed by atoms with E-state index < -0.39 is 22.9 Å². The van der Waals surface area contributed by atoms with E-state index in [1.165, 1.54) is 0 Å². The van der Waals surface area contributed by atoms with E-state index in [1.807, 2.05) is 45.9 Å². The molecule has 7 nitrogen and oxygen atoms in total. The second-order valence-corrected chi connectivity index (χ2v) is 10.5. The molecule has 2 heterocycles. The molecule has 5 unspecified atom stereocenters. The summed E-state index contributed by atoms with van der Waals surface area (Å²) < 4.78 is -0.507. The van der Waals surface area contributed by atoms with Crippen LogP contribution in [0.5, 0.6) is 0 Å². The van der Waals surface area contributed by atoms with Gasteiger partial charge in [0.05, 0.1) is 6.61 Å². The summed E-state index contributed by atoms with van der Waals surface area (Å²) in [7, 11) is 0. The molecular formula is C22H31N3O4S. The van der Waals surface area contributed by atoms with Gasteiger partial charge in [-0.15, -0.1) is 11.8 Å². The van der Waals surface area contributed by atoms with E-state index in [4.69, 9.17) is 0 Å². The van der Waals surface area contributed by atoms with E-state index in [0.717, 1.165) is 5.56 Å². The van der Waals surface area contributed by atoms with Gasteiger partial charge in [-0.3, -0.25) is 14.4 Å². The zero-order valence-corrected chi connectivity index (χ0v) is 19.0. The van der Waals surface area contributed by atoms with Crippen LogP contribution < -0.4 is 10.6 Å². The summed E-state index contributed by atoms with van der Waals surface area (Å²) >= 11 is 1.60. The lowest BCUT2D eigenvalue weighted by Crippen LogP contribution is -2.59. The number of carbonyl (C=O) groups is 3. The molecule has 164 valence electrons. The molecule has 2 aliphatic rings. The first kappa shape index (κ1) is 22.6.